The van der Waals surface area contributed by atoms with Crippen LogP contribution in [0.2, 0.25) is 0 Å². The highest BCUT2D eigenvalue weighted by Gasteiger charge is 2.62. The smallest absolute Gasteiger partial charge is 0.421 e. The third-order valence-electron chi connectivity index (χ3n) is 3.69. The van der Waals surface area contributed by atoms with Crippen LogP contribution in [0.3, 0.4) is 0 Å². The Morgan fingerprint density at radius 2 is 1.81 bits per heavy atom. The zero-order chi connectivity index (χ0) is 15.7. The molecule has 1 fully saturated rings. The maximum Gasteiger partial charge on any atom is 0.421 e. The highest BCUT2D eigenvalue weighted by molar-refractivity contribution is 5.40. The molecule has 1 unspecified atom stereocenters. The van der Waals surface area contributed by atoms with E-state index in [9.17, 15) is 13.2 Å². The van der Waals surface area contributed by atoms with Crippen LogP contribution < -0.4 is 4.74 Å². The Kier molecular flexibility index (Phi) is 4.24. The third-order valence-corrected chi connectivity index (χ3v) is 3.69. The number of alkyl halides is 3. The summed E-state index contributed by atoms with van der Waals surface area (Å²) in [4.78, 5) is 0. The normalized spacial score (nSPS) is 22.8. The molecule has 0 N–H and O–H groups in total. The van der Waals surface area contributed by atoms with E-state index in [1.54, 1.807) is 18.2 Å². The van der Waals surface area contributed by atoms with E-state index >= 15 is 0 Å². The fraction of sp³-hybridized carbons (Fsp3) is 0.625. The molecule has 2 nitrogen and oxygen atoms in total. The average molecular weight is 302 g/mol. The SMILES string of the molecule is CC(C)(C)CCOc1ccccc1C1(C(F)(F)F)CCO1. The molecular weight excluding hydrogens is 281 g/mol. The van der Waals surface area contributed by atoms with Gasteiger partial charge in [0.15, 0.2) is 5.60 Å². The number of benzene rings is 1. The van der Waals surface area contributed by atoms with Crippen LogP contribution in [0.5, 0.6) is 5.75 Å². The average Bonchev–Trinajstić information content (AvgIpc) is 2.26. The predicted octanol–water partition coefficient (Wildman–Crippen LogP) is 4.68. The molecule has 1 aromatic carbocycles. The lowest BCUT2D eigenvalue weighted by atomic mass is 9.85. The summed E-state index contributed by atoms with van der Waals surface area (Å²) in [6.45, 7) is 6.70. The van der Waals surface area contributed by atoms with Gasteiger partial charge in [0, 0.05) is 12.0 Å². The Morgan fingerprint density at radius 3 is 2.29 bits per heavy atom. The molecule has 0 bridgehead atoms. The van der Waals surface area contributed by atoms with Crippen LogP contribution in [0.25, 0.3) is 0 Å². The van der Waals surface area contributed by atoms with E-state index in [-0.39, 0.29) is 29.8 Å². The van der Waals surface area contributed by atoms with Crippen molar-refractivity contribution in [2.45, 2.75) is 45.4 Å². The van der Waals surface area contributed by atoms with Crippen LogP contribution in [0.1, 0.15) is 39.2 Å². The molecule has 0 amide bonds. The molecule has 0 saturated carbocycles. The van der Waals surface area contributed by atoms with E-state index in [2.05, 4.69) is 20.8 Å². The number of ether oxygens (including phenoxy) is 2. The number of halogens is 3. The fourth-order valence-electron chi connectivity index (χ4n) is 2.29. The van der Waals surface area contributed by atoms with Crippen LogP contribution >= 0.6 is 0 Å². The molecule has 1 aromatic rings. The minimum Gasteiger partial charge on any atom is -0.493 e. The van der Waals surface area contributed by atoms with Crippen LogP contribution in [0.4, 0.5) is 13.2 Å². The van der Waals surface area contributed by atoms with Crippen molar-refractivity contribution in [3.63, 3.8) is 0 Å². The molecule has 5 heteroatoms. The quantitative estimate of drug-likeness (QED) is 0.804. The summed E-state index contributed by atoms with van der Waals surface area (Å²) in [7, 11) is 0. The highest BCUT2D eigenvalue weighted by Crippen LogP contribution is 2.52. The molecule has 0 aromatic heterocycles. The van der Waals surface area contributed by atoms with Crippen molar-refractivity contribution < 1.29 is 22.6 Å². The van der Waals surface area contributed by atoms with Crippen LogP contribution in [0.15, 0.2) is 24.3 Å². The van der Waals surface area contributed by atoms with Crippen molar-refractivity contribution in [3.05, 3.63) is 29.8 Å². The van der Waals surface area contributed by atoms with Crippen molar-refractivity contribution in [1.82, 2.24) is 0 Å². The van der Waals surface area contributed by atoms with Gasteiger partial charge in [-0.15, -0.1) is 0 Å². The van der Waals surface area contributed by atoms with Crippen molar-refractivity contribution in [1.29, 1.82) is 0 Å². The molecule has 118 valence electrons. The molecule has 1 aliphatic heterocycles. The highest BCUT2D eigenvalue weighted by atomic mass is 19.4. The predicted molar refractivity (Wildman–Crippen MR) is 74.3 cm³/mol. The van der Waals surface area contributed by atoms with Gasteiger partial charge in [-0.1, -0.05) is 39.0 Å². The number of rotatable bonds is 4. The van der Waals surface area contributed by atoms with E-state index in [1.807, 2.05) is 0 Å². The van der Waals surface area contributed by atoms with Crippen LogP contribution in [0, 0.1) is 5.41 Å². The second-order valence-corrected chi connectivity index (χ2v) is 6.58. The first-order valence-corrected chi connectivity index (χ1v) is 7.09. The molecule has 21 heavy (non-hydrogen) atoms. The lowest BCUT2D eigenvalue weighted by Crippen LogP contribution is -2.52. The molecule has 0 spiro atoms. The second-order valence-electron chi connectivity index (χ2n) is 6.58. The van der Waals surface area contributed by atoms with E-state index in [1.165, 1.54) is 6.07 Å². The molecule has 1 heterocycles. The van der Waals surface area contributed by atoms with Crippen molar-refractivity contribution in [2.24, 2.45) is 5.41 Å². The summed E-state index contributed by atoms with van der Waals surface area (Å²) in [5.41, 5.74) is -2.05. The molecule has 2 rings (SSSR count). The first kappa shape index (κ1) is 16.1. The Labute approximate surface area is 123 Å². The Bertz CT molecular complexity index is 485. The molecule has 1 saturated heterocycles. The van der Waals surface area contributed by atoms with Gasteiger partial charge in [-0.2, -0.15) is 13.2 Å². The lowest BCUT2D eigenvalue weighted by molar-refractivity contribution is -0.333. The Hall–Kier alpha value is -1.23. The second kappa shape index (κ2) is 5.52. The molecule has 0 radical (unpaired) electrons. The van der Waals surface area contributed by atoms with Gasteiger partial charge in [0.05, 0.1) is 13.2 Å². The van der Waals surface area contributed by atoms with Gasteiger partial charge in [-0.05, 0) is 17.9 Å². The van der Waals surface area contributed by atoms with Crippen molar-refractivity contribution >= 4 is 0 Å². The number of para-hydroxylation sites is 1. The van der Waals surface area contributed by atoms with Gasteiger partial charge < -0.3 is 9.47 Å². The summed E-state index contributed by atoms with van der Waals surface area (Å²) < 4.78 is 50.6. The van der Waals surface area contributed by atoms with Gasteiger partial charge in [-0.3, -0.25) is 0 Å². The maximum absolute atomic E-state index is 13.4. The van der Waals surface area contributed by atoms with Gasteiger partial charge in [-0.25, -0.2) is 0 Å². The minimum absolute atomic E-state index is 0.0594. The molecule has 1 aliphatic rings. The van der Waals surface area contributed by atoms with Crippen LogP contribution in [-0.2, 0) is 10.3 Å². The van der Waals surface area contributed by atoms with Crippen molar-refractivity contribution in [3.8, 4) is 5.75 Å². The number of hydrogen-bond acceptors (Lipinski definition) is 2. The largest absolute Gasteiger partial charge is 0.493 e. The van der Waals surface area contributed by atoms with E-state index in [4.69, 9.17) is 9.47 Å². The molecule has 1 atom stereocenters. The summed E-state index contributed by atoms with van der Waals surface area (Å²) in [5.74, 6) is 0.263. The zero-order valence-corrected chi connectivity index (χ0v) is 12.6. The van der Waals surface area contributed by atoms with Gasteiger partial charge in [0.1, 0.15) is 5.75 Å². The molecular formula is C16H21F3O2. The van der Waals surface area contributed by atoms with E-state index in [0.717, 1.165) is 6.42 Å². The van der Waals surface area contributed by atoms with Crippen LogP contribution in [-0.4, -0.2) is 19.4 Å². The minimum atomic E-state index is -4.44. The maximum atomic E-state index is 13.4. The van der Waals surface area contributed by atoms with Gasteiger partial charge >= 0.3 is 6.18 Å². The summed E-state index contributed by atoms with van der Waals surface area (Å²) in [6.07, 6.45) is -3.73. The first-order chi connectivity index (χ1) is 9.66. The Morgan fingerprint density at radius 1 is 1.19 bits per heavy atom. The zero-order valence-electron chi connectivity index (χ0n) is 12.6. The summed E-state index contributed by atoms with van der Waals surface area (Å²) in [6, 6.07) is 6.28. The Balaban J connectivity index is 2.21. The lowest BCUT2D eigenvalue weighted by Gasteiger charge is -2.43. The standard InChI is InChI=1S/C16H21F3O2/c1-14(2,3)8-10-20-13-7-5-4-6-12(13)15(9-11-21-15)16(17,18)19/h4-7H,8-11H2,1-3H3. The van der Waals surface area contributed by atoms with Gasteiger partial charge in [0.2, 0.25) is 0 Å². The third kappa shape index (κ3) is 3.34. The monoisotopic (exact) mass is 302 g/mol. The summed E-state index contributed by atoms with van der Waals surface area (Å²) >= 11 is 0. The fourth-order valence-corrected chi connectivity index (χ4v) is 2.29. The first-order valence-electron chi connectivity index (χ1n) is 7.09. The van der Waals surface area contributed by atoms with E-state index < -0.39 is 11.8 Å². The molecule has 0 aliphatic carbocycles. The van der Waals surface area contributed by atoms with Crippen molar-refractivity contribution in [2.75, 3.05) is 13.2 Å². The summed E-state index contributed by atoms with van der Waals surface area (Å²) in [5, 5.41) is 0. The van der Waals surface area contributed by atoms with E-state index in [0.29, 0.717) is 6.61 Å². The number of hydrogen-bond donors (Lipinski definition) is 0. The topological polar surface area (TPSA) is 18.5 Å². The van der Waals surface area contributed by atoms with Gasteiger partial charge in [0.25, 0.3) is 0 Å².